The Labute approximate surface area is 197 Å². The molecule has 3 aromatic rings. The maximum Gasteiger partial charge on any atom is 0.238 e. The van der Waals surface area contributed by atoms with Crippen LogP contribution in [0.3, 0.4) is 0 Å². The number of hydrogen-bond donors (Lipinski definition) is 1. The number of hydrogen-bond acceptors (Lipinski definition) is 4. The lowest BCUT2D eigenvalue weighted by Gasteiger charge is -2.44. The van der Waals surface area contributed by atoms with Crippen LogP contribution in [-0.2, 0) is 28.1 Å². The molecule has 33 heavy (non-hydrogen) atoms. The molecule has 0 saturated heterocycles. The summed E-state index contributed by atoms with van der Waals surface area (Å²) in [6.07, 6.45) is 2.36. The highest BCUT2D eigenvalue weighted by molar-refractivity contribution is 6.31. The van der Waals surface area contributed by atoms with Crippen molar-refractivity contribution in [3.8, 4) is 6.07 Å². The van der Waals surface area contributed by atoms with Gasteiger partial charge in [-0.1, -0.05) is 29.8 Å². The molecule has 1 N–H and O–H groups in total. The van der Waals surface area contributed by atoms with Crippen LogP contribution >= 0.6 is 11.6 Å². The van der Waals surface area contributed by atoms with Crippen molar-refractivity contribution in [2.75, 3.05) is 4.90 Å². The first kappa shape index (κ1) is 21.5. The highest BCUT2D eigenvalue weighted by Crippen LogP contribution is 2.53. The van der Waals surface area contributed by atoms with E-state index in [1.165, 1.54) is 6.92 Å². The Bertz CT molecular complexity index is 1300. The zero-order valence-electron chi connectivity index (χ0n) is 18.3. The Balaban J connectivity index is 1.49. The Morgan fingerprint density at radius 2 is 2.09 bits per heavy atom. The number of anilines is 1. The number of aryl methyl sites for hydroxylation is 1. The van der Waals surface area contributed by atoms with Gasteiger partial charge in [0.25, 0.3) is 0 Å². The summed E-state index contributed by atoms with van der Waals surface area (Å²) in [5.41, 5.74) is 3.05. The second kappa shape index (κ2) is 8.20. The Morgan fingerprint density at radius 3 is 2.85 bits per heavy atom. The van der Waals surface area contributed by atoms with Gasteiger partial charge in [0.15, 0.2) is 0 Å². The Kier molecular flexibility index (Phi) is 5.34. The molecule has 0 radical (unpaired) electrons. The summed E-state index contributed by atoms with van der Waals surface area (Å²) in [5, 5.41) is 12.5. The minimum atomic E-state index is -0.593. The van der Waals surface area contributed by atoms with Crippen LogP contribution in [0, 0.1) is 11.3 Å². The largest absolute Gasteiger partial charge is 0.354 e. The molecular formula is C25H24ClN5O2. The van der Waals surface area contributed by atoms with Crippen LogP contribution in [0.1, 0.15) is 44.0 Å². The van der Waals surface area contributed by atoms with E-state index in [1.54, 1.807) is 0 Å². The number of fused-ring (bicyclic) bond motifs is 3. The number of carbonyl (C=O) groups excluding carboxylic acids is 2. The first-order valence-electron chi connectivity index (χ1n) is 11.1. The number of rotatable bonds is 6. The van der Waals surface area contributed by atoms with Gasteiger partial charge in [0.2, 0.25) is 11.8 Å². The lowest BCUT2D eigenvalue weighted by Crippen LogP contribution is -2.57. The van der Waals surface area contributed by atoms with Gasteiger partial charge >= 0.3 is 0 Å². The van der Waals surface area contributed by atoms with Crippen LogP contribution in [0.4, 0.5) is 5.69 Å². The molecule has 2 heterocycles. The third-order valence-electron chi connectivity index (χ3n) is 6.72. The SMILES string of the molecule is CC(=O)N[C@H]1C[C@]2(C1)C(=O)N(Cc1nc3cc(Cl)ccc3n1CCCC#N)c1ccccc12. The number of imidazole rings is 1. The summed E-state index contributed by atoms with van der Waals surface area (Å²) in [7, 11) is 0. The van der Waals surface area contributed by atoms with E-state index >= 15 is 0 Å². The van der Waals surface area contributed by atoms with Gasteiger partial charge in [-0.05, 0) is 49.1 Å². The average Bonchev–Trinajstić information content (AvgIpc) is 3.21. The number of nitriles is 1. The molecule has 0 bridgehead atoms. The molecule has 1 spiro atoms. The zero-order valence-corrected chi connectivity index (χ0v) is 19.1. The molecule has 2 aromatic carbocycles. The van der Waals surface area contributed by atoms with E-state index in [1.807, 2.05) is 47.4 Å². The number of carbonyl (C=O) groups is 2. The highest BCUT2D eigenvalue weighted by Gasteiger charge is 2.58. The summed E-state index contributed by atoms with van der Waals surface area (Å²) < 4.78 is 2.09. The van der Waals surface area contributed by atoms with Crippen LogP contribution in [0.5, 0.6) is 0 Å². The van der Waals surface area contributed by atoms with Crippen molar-refractivity contribution in [3.05, 3.63) is 58.9 Å². The fraction of sp³-hybridized carbons (Fsp3) is 0.360. The molecule has 1 saturated carbocycles. The molecule has 7 nitrogen and oxygen atoms in total. The number of amides is 2. The number of benzene rings is 2. The average molecular weight is 462 g/mol. The molecule has 2 amide bonds. The van der Waals surface area contributed by atoms with Crippen molar-refractivity contribution >= 4 is 40.1 Å². The van der Waals surface area contributed by atoms with Gasteiger partial charge in [0.05, 0.1) is 29.1 Å². The Hall–Kier alpha value is -3.37. The molecule has 1 aliphatic heterocycles. The smallest absolute Gasteiger partial charge is 0.238 e. The fourth-order valence-electron chi connectivity index (χ4n) is 5.30. The number of nitrogens with one attached hydrogen (secondary N) is 1. The lowest BCUT2D eigenvalue weighted by molar-refractivity contribution is -0.129. The molecule has 168 valence electrons. The minimum absolute atomic E-state index is 0.0113. The molecule has 1 aromatic heterocycles. The summed E-state index contributed by atoms with van der Waals surface area (Å²) in [6.45, 7) is 2.48. The predicted molar refractivity (Wildman–Crippen MR) is 126 cm³/mol. The second-order valence-electron chi connectivity index (χ2n) is 8.87. The third kappa shape index (κ3) is 3.55. The van der Waals surface area contributed by atoms with Gasteiger partial charge in [-0.2, -0.15) is 5.26 Å². The van der Waals surface area contributed by atoms with Crippen molar-refractivity contribution in [2.24, 2.45) is 0 Å². The van der Waals surface area contributed by atoms with Gasteiger partial charge in [-0.3, -0.25) is 9.59 Å². The number of para-hydroxylation sites is 1. The van der Waals surface area contributed by atoms with E-state index in [0.29, 0.717) is 43.8 Å². The van der Waals surface area contributed by atoms with Crippen molar-refractivity contribution < 1.29 is 9.59 Å². The lowest BCUT2D eigenvalue weighted by atomic mass is 9.62. The van der Waals surface area contributed by atoms with Crippen molar-refractivity contribution in [1.82, 2.24) is 14.9 Å². The normalized spacial score (nSPS) is 21.2. The molecular weight excluding hydrogens is 438 g/mol. The number of halogens is 1. The monoisotopic (exact) mass is 461 g/mol. The molecule has 8 heteroatoms. The quantitative estimate of drug-likeness (QED) is 0.560. The van der Waals surface area contributed by atoms with Gasteiger partial charge < -0.3 is 14.8 Å². The molecule has 1 aliphatic carbocycles. The van der Waals surface area contributed by atoms with Crippen molar-refractivity contribution in [2.45, 2.75) is 57.2 Å². The van der Waals surface area contributed by atoms with Gasteiger partial charge in [0, 0.05) is 36.6 Å². The first-order chi connectivity index (χ1) is 15.9. The van der Waals surface area contributed by atoms with E-state index in [9.17, 15) is 9.59 Å². The van der Waals surface area contributed by atoms with E-state index in [-0.39, 0.29) is 17.9 Å². The van der Waals surface area contributed by atoms with E-state index < -0.39 is 5.41 Å². The van der Waals surface area contributed by atoms with Crippen LogP contribution in [0.2, 0.25) is 5.02 Å². The van der Waals surface area contributed by atoms with E-state index in [0.717, 1.165) is 28.1 Å². The maximum absolute atomic E-state index is 13.8. The summed E-state index contributed by atoms with van der Waals surface area (Å²) >= 11 is 6.19. The molecule has 2 aliphatic rings. The molecule has 5 rings (SSSR count). The molecule has 1 fully saturated rings. The fourth-order valence-corrected chi connectivity index (χ4v) is 5.47. The van der Waals surface area contributed by atoms with Crippen molar-refractivity contribution in [1.29, 1.82) is 5.26 Å². The van der Waals surface area contributed by atoms with E-state index in [4.69, 9.17) is 21.8 Å². The Morgan fingerprint density at radius 1 is 1.30 bits per heavy atom. The topological polar surface area (TPSA) is 91.0 Å². The number of unbranched alkanes of at least 4 members (excludes halogenated alkanes) is 1. The van der Waals surface area contributed by atoms with Gasteiger partial charge in [-0.25, -0.2) is 4.98 Å². The summed E-state index contributed by atoms with van der Waals surface area (Å²) in [6, 6.07) is 15.7. The van der Waals surface area contributed by atoms with Crippen LogP contribution < -0.4 is 10.2 Å². The first-order valence-corrected chi connectivity index (χ1v) is 11.5. The van der Waals surface area contributed by atoms with Crippen LogP contribution in [0.25, 0.3) is 11.0 Å². The van der Waals surface area contributed by atoms with E-state index in [2.05, 4.69) is 16.0 Å². The maximum atomic E-state index is 13.8. The van der Waals surface area contributed by atoms with Crippen LogP contribution in [-0.4, -0.2) is 27.4 Å². The standard InChI is InChI=1S/C25H24ClN5O2/c1-16(32)28-18-13-25(14-18)19-6-2-3-7-21(19)31(24(25)33)15-23-29-20-12-17(26)8-9-22(20)30(23)11-5-4-10-27/h2-3,6-9,12,18H,4-5,11,13-15H2,1H3,(H,28,32)/t18-,25+. The minimum Gasteiger partial charge on any atom is -0.354 e. The van der Waals surface area contributed by atoms with Crippen LogP contribution in [0.15, 0.2) is 42.5 Å². The highest BCUT2D eigenvalue weighted by atomic mass is 35.5. The number of aromatic nitrogens is 2. The van der Waals surface area contributed by atoms with Crippen molar-refractivity contribution in [3.63, 3.8) is 0 Å². The molecule has 0 atom stereocenters. The summed E-state index contributed by atoms with van der Waals surface area (Å²) in [4.78, 5) is 31.9. The summed E-state index contributed by atoms with van der Waals surface area (Å²) in [5.74, 6) is 0.747. The predicted octanol–water partition coefficient (Wildman–Crippen LogP) is 4.08. The number of nitrogens with zero attached hydrogens (tertiary/aromatic N) is 4. The zero-order chi connectivity index (χ0) is 23.2. The third-order valence-corrected chi connectivity index (χ3v) is 6.96. The van der Waals surface area contributed by atoms with Gasteiger partial charge in [0.1, 0.15) is 5.82 Å². The second-order valence-corrected chi connectivity index (χ2v) is 9.31. The van der Waals surface area contributed by atoms with Gasteiger partial charge in [-0.15, -0.1) is 0 Å². The molecule has 0 unspecified atom stereocenters.